The minimum atomic E-state index is -0.440. The lowest BCUT2D eigenvalue weighted by Gasteiger charge is -2.30. The van der Waals surface area contributed by atoms with Gasteiger partial charge in [-0.15, -0.1) is 6.58 Å². The van der Waals surface area contributed by atoms with Crippen molar-refractivity contribution in [2.45, 2.75) is 56.7 Å². The maximum absolute atomic E-state index is 13.1. The van der Waals surface area contributed by atoms with Gasteiger partial charge in [-0.2, -0.15) is 0 Å². The van der Waals surface area contributed by atoms with Crippen LogP contribution in [0, 0.1) is 6.92 Å². The van der Waals surface area contributed by atoms with Crippen LogP contribution in [0.2, 0.25) is 5.02 Å². The zero-order valence-electron chi connectivity index (χ0n) is 16.1. The van der Waals surface area contributed by atoms with E-state index in [2.05, 4.69) is 16.9 Å². The van der Waals surface area contributed by atoms with Crippen molar-refractivity contribution in [1.82, 2.24) is 4.90 Å². The first-order chi connectivity index (χ1) is 13.5. The third-order valence-corrected chi connectivity index (χ3v) is 6.53. The number of amides is 2. The summed E-state index contributed by atoms with van der Waals surface area (Å²) in [5, 5.41) is 3.74. The molecule has 2 aliphatic rings. The Bertz CT molecular complexity index is 790. The van der Waals surface area contributed by atoms with Crippen LogP contribution in [0.4, 0.5) is 5.69 Å². The number of rotatable bonds is 6. The van der Waals surface area contributed by atoms with Crippen LogP contribution in [0.5, 0.6) is 0 Å². The second kappa shape index (κ2) is 9.61. The Morgan fingerprint density at radius 2 is 2.14 bits per heavy atom. The van der Waals surface area contributed by atoms with Gasteiger partial charge in [0.2, 0.25) is 11.8 Å². The highest BCUT2D eigenvalue weighted by atomic mass is 35.5. The third kappa shape index (κ3) is 4.97. The first-order valence-electron chi connectivity index (χ1n) is 9.70. The Balaban J connectivity index is 1.70. The molecule has 1 heterocycles. The standard InChI is InChI=1S/C21H26ClN3O2S/c1-3-11-23-21-25(16-7-5-4-6-8-16)20(27)18(28-21)13-19(26)24-17-12-15(22)10-9-14(17)2/h3,9-10,12,16,18H,1,4-8,11,13H2,2H3,(H,24,26). The van der Waals surface area contributed by atoms with Crippen molar-refractivity contribution in [3.63, 3.8) is 0 Å². The number of benzene rings is 1. The van der Waals surface area contributed by atoms with Crippen LogP contribution in [0.1, 0.15) is 44.1 Å². The molecule has 2 fully saturated rings. The fourth-order valence-electron chi connectivity index (χ4n) is 3.64. The van der Waals surface area contributed by atoms with Gasteiger partial charge in [-0.25, -0.2) is 0 Å². The largest absolute Gasteiger partial charge is 0.326 e. The Hall–Kier alpha value is -1.79. The summed E-state index contributed by atoms with van der Waals surface area (Å²) in [6.45, 7) is 6.09. The molecule has 1 N–H and O–H groups in total. The molecule has 1 atom stereocenters. The van der Waals surface area contributed by atoms with E-state index in [4.69, 9.17) is 11.6 Å². The molecule has 28 heavy (non-hydrogen) atoms. The highest BCUT2D eigenvalue weighted by Gasteiger charge is 2.42. The van der Waals surface area contributed by atoms with Crippen molar-refractivity contribution in [1.29, 1.82) is 0 Å². The molecule has 1 aromatic rings. The fraction of sp³-hybridized carbons (Fsp3) is 0.476. The van der Waals surface area contributed by atoms with Gasteiger partial charge in [-0.05, 0) is 37.5 Å². The number of hydrogen-bond acceptors (Lipinski definition) is 4. The van der Waals surface area contributed by atoms with E-state index >= 15 is 0 Å². The molecule has 0 aromatic heterocycles. The summed E-state index contributed by atoms with van der Waals surface area (Å²) in [7, 11) is 0. The summed E-state index contributed by atoms with van der Waals surface area (Å²) in [6.07, 6.45) is 7.32. The van der Waals surface area contributed by atoms with E-state index in [-0.39, 0.29) is 24.3 Å². The maximum atomic E-state index is 13.1. The van der Waals surface area contributed by atoms with Gasteiger partial charge in [0.05, 0.1) is 6.54 Å². The van der Waals surface area contributed by atoms with Crippen LogP contribution >= 0.6 is 23.4 Å². The van der Waals surface area contributed by atoms with Crippen LogP contribution in [-0.2, 0) is 9.59 Å². The molecule has 3 rings (SSSR count). The molecule has 1 saturated heterocycles. The summed E-state index contributed by atoms with van der Waals surface area (Å²) >= 11 is 7.42. The van der Waals surface area contributed by atoms with Gasteiger partial charge in [0.15, 0.2) is 5.17 Å². The van der Waals surface area contributed by atoms with Crippen LogP contribution < -0.4 is 5.32 Å². The van der Waals surface area contributed by atoms with Crippen molar-refractivity contribution in [2.75, 3.05) is 11.9 Å². The average Bonchev–Trinajstić information content (AvgIpc) is 2.99. The van der Waals surface area contributed by atoms with Crippen LogP contribution in [0.3, 0.4) is 0 Å². The van der Waals surface area contributed by atoms with Gasteiger partial charge in [0.25, 0.3) is 0 Å². The number of thioether (sulfide) groups is 1. The average molecular weight is 420 g/mol. The Labute approximate surface area is 175 Å². The molecule has 1 saturated carbocycles. The highest BCUT2D eigenvalue weighted by molar-refractivity contribution is 8.15. The minimum absolute atomic E-state index is 0.00215. The Morgan fingerprint density at radius 1 is 1.39 bits per heavy atom. The van der Waals surface area contributed by atoms with Gasteiger partial charge in [0.1, 0.15) is 5.25 Å². The molecule has 0 radical (unpaired) electrons. The maximum Gasteiger partial charge on any atom is 0.242 e. The number of aryl methyl sites for hydroxylation is 1. The number of aliphatic imine (C=N–C) groups is 1. The summed E-state index contributed by atoms with van der Waals surface area (Å²) in [6, 6.07) is 5.57. The van der Waals surface area contributed by atoms with E-state index in [0.29, 0.717) is 17.3 Å². The second-order valence-corrected chi connectivity index (χ2v) is 8.84. The second-order valence-electron chi connectivity index (χ2n) is 7.23. The number of carbonyl (C=O) groups is 2. The van der Waals surface area contributed by atoms with E-state index in [1.54, 1.807) is 18.2 Å². The molecule has 1 aliphatic heterocycles. The fourth-order valence-corrected chi connectivity index (χ4v) is 5.02. The number of carbonyl (C=O) groups excluding carboxylic acids is 2. The molecule has 1 aliphatic carbocycles. The number of hydrogen-bond donors (Lipinski definition) is 1. The molecule has 150 valence electrons. The lowest BCUT2D eigenvalue weighted by Crippen LogP contribution is -2.42. The molecule has 1 aromatic carbocycles. The zero-order chi connectivity index (χ0) is 20.1. The van der Waals surface area contributed by atoms with E-state index in [1.807, 2.05) is 17.9 Å². The molecule has 2 amide bonds. The molecule has 0 spiro atoms. The number of halogens is 1. The van der Waals surface area contributed by atoms with E-state index in [1.165, 1.54) is 18.2 Å². The summed E-state index contributed by atoms with van der Waals surface area (Å²) in [5.74, 6) is -0.192. The van der Waals surface area contributed by atoms with Crippen molar-refractivity contribution >= 4 is 46.0 Å². The summed E-state index contributed by atoms with van der Waals surface area (Å²) in [4.78, 5) is 32.0. The summed E-state index contributed by atoms with van der Waals surface area (Å²) in [5.41, 5.74) is 1.61. The normalized spacial score (nSPS) is 21.9. The smallest absolute Gasteiger partial charge is 0.242 e. The molecule has 0 bridgehead atoms. The van der Waals surface area contributed by atoms with Gasteiger partial charge >= 0.3 is 0 Å². The quantitative estimate of drug-likeness (QED) is 0.674. The van der Waals surface area contributed by atoms with Gasteiger partial charge in [0, 0.05) is 23.2 Å². The lowest BCUT2D eigenvalue weighted by atomic mass is 9.94. The third-order valence-electron chi connectivity index (χ3n) is 5.11. The predicted molar refractivity (Wildman–Crippen MR) is 117 cm³/mol. The molecular formula is C21H26ClN3O2S. The van der Waals surface area contributed by atoms with Crippen LogP contribution in [-0.4, -0.2) is 39.7 Å². The number of amidine groups is 1. The molecule has 5 nitrogen and oxygen atoms in total. The van der Waals surface area contributed by atoms with E-state index < -0.39 is 5.25 Å². The number of anilines is 1. The van der Waals surface area contributed by atoms with Gasteiger partial charge in [-0.1, -0.05) is 54.8 Å². The van der Waals surface area contributed by atoms with Crippen molar-refractivity contribution in [2.24, 2.45) is 4.99 Å². The van der Waals surface area contributed by atoms with Crippen LogP contribution in [0.15, 0.2) is 35.8 Å². The highest BCUT2D eigenvalue weighted by Crippen LogP contribution is 2.35. The predicted octanol–water partition coefficient (Wildman–Crippen LogP) is 4.80. The van der Waals surface area contributed by atoms with Crippen molar-refractivity contribution in [3.8, 4) is 0 Å². The number of nitrogens with zero attached hydrogens (tertiary/aromatic N) is 2. The first-order valence-corrected chi connectivity index (χ1v) is 11.0. The zero-order valence-corrected chi connectivity index (χ0v) is 17.7. The Kier molecular flexibility index (Phi) is 7.18. The minimum Gasteiger partial charge on any atom is -0.326 e. The Morgan fingerprint density at radius 3 is 2.86 bits per heavy atom. The SMILES string of the molecule is C=CCN=C1SC(CC(=O)Nc2cc(Cl)ccc2C)C(=O)N1C1CCCCC1. The van der Waals surface area contributed by atoms with Crippen molar-refractivity contribution in [3.05, 3.63) is 41.4 Å². The lowest BCUT2D eigenvalue weighted by molar-refractivity contribution is -0.130. The van der Waals surface area contributed by atoms with E-state index in [0.717, 1.165) is 36.4 Å². The van der Waals surface area contributed by atoms with Crippen molar-refractivity contribution < 1.29 is 9.59 Å². The summed E-state index contributed by atoms with van der Waals surface area (Å²) < 4.78 is 0. The molecule has 7 heteroatoms. The number of nitrogens with one attached hydrogen (secondary N) is 1. The first kappa shape index (κ1) is 20.9. The van der Waals surface area contributed by atoms with Gasteiger partial charge in [-0.3, -0.25) is 19.5 Å². The monoisotopic (exact) mass is 419 g/mol. The van der Waals surface area contributed by atoms with Crippen LogP contribution in [0.25, 0.3) is 0 Å². The van der Waals surface area contributed by atoms with Gasteiger partial charge < -0.3 is 5.32 Å². The molecular weight excluding hydrogens is 394 g/mol. The topological polar surface area (TPSA) is 61.8 Å². The van der Waals surface area contributed by atoms with E-state index in [9.17, 15) is 9.59 Å². The molecule has 1 unspecified atom stereocenters.